The van der Waals surface area contributed by atoms with Crippen molar-refractivity contribution < 1.29 is 12.8 Å². The van der Waals surface area contributed by atoms with Gasteiger partial charge in [0.15, 0.2) is 0 Å². The number of sulfonamides is 1. The average Bonchev–Trinajstić information content (AvgIpc) is 2.43. The second-order valence-corrected chi connectivity index (χ2v) is 7.08. The molecule has 1 rings (SSSR count). The number of aryl methyl sites for hydroxylation is 1. The molecule has 1 N–H and O–H groups in total. The molecule has 0 aromatic heterocycles. The molecule has 0 heterocycles. The van der Waals surface area contributed by atoms with Gasteiger partial charge in [-0.05, 0) is 42.9 Å². The van der Waals surface area contributed by atoms with Crippen LogP contribution in [0.1, 0.15) is 32.3 Å². The fraction of sp³-hybridized carbons (Fsp3) is 0.571. The van der Waals surface area contributed by atoms with Crippen LogP contribution in [0.4, 0.5) is 4.39 Å². The second-order valence-electron chi connectivity index (χ2n) is 5.08. The molecule has 6 heteroatoms. The zero-order valence-electron chi connectivity index (χ0n) is 12.0. The zero-order valence-corrected chi connectivity index (χ0v) is 13.6. The van der Waals surface area contributed by atoms with Crippen molar-refractivity contribution in [2.45, 2.75) is 38.5 Å². The van der Waals surface area contributed by atoms with E-state index in [1.54, 1.807) is 6.92 Å². The first-order chi connectivity index (χ1) is 9.30. The first-order valence-corrected chi connectivity index (χ1v) is 8.64. The van der Waals surface area contributed by atoms with Crippen LogP contribution in [0, 0.1) is 18.2 Å². The van der Waals surface area contributed by atoms with E-state index in [-0.39, 0.29) is 16.9 Å². The number of rotatable bonds is 7. The third-order valence-electron chi connectivity index (χ3n) is 3.86. The molecule has 0 amide bonds. The molecule has 0 unspecified atom stereocenters. The average molecular weight is 322 g/mol. The molecular weight excluding hydrogens is 301 g/mol. The van der Waals surface area contributed by atoms with Crippen molar-refractivity contribution in [3.63, 3.8) is 0 Å². The van der Waals surface area contributed by atoms with Gasteiger partial charge in [0.25, 0.3) is 0 Å². The summed E-state index contributed by atoms with van der Waals surface area (Å²) in [4.78, 5) is -0.0202. The minimum atomic E-state index is -3.73. The standard InChI is InChI=1S/C14H21ClFNO2S/c1-4-14(5-2,9-15)10-17-20(18,19)13-8-12(16)7-6-11(13)3/h6-8,17H,4-5,9-10H2,1-3H3. The normalized spacial score (nSPS) is 12.7. The largest absolute Gasteiger partial charge is 0.240 e. The lowest BCUT2D eigenvalue weighted by Crippen LogP contribution is -2.38. The fourth-order valence-corrected chi connectivity index (χ4v) is 3.81. The molecule has 1 aromatic rings. The number of alkyl halides is 1. The summed E-state index contributed by atoms with van der Waals surface area (Å²) < 4.78 is 40.4. The number of hydrogen-bond acceptors (Lipinski definition) is 2. The maximum Gasteiger partial charge on any atom is 0.240 e. The van der Waals surface area contributed by atoms with Crippen LogP contribution in [0.3, 0.4) is 0 Å². The lowest BCUT2D eigenvalue weighted by molar-refractivity contribution is 0.304. The van der Waals surface area contributed by atoms with Crippen molar-refractivity contribution in [2.75, 3.05) is 12.4 Å². The van der Waals surface area contributed by atoms with Gasteiger partial charge in [-0.25, -0.2) is 17.5 Å². The fourth-order valence-electron chi connectivity index (χ4n) is 1.93. The van der Waals surface area contributed by atoms with Gasteiger partial charge >= 0.3 is 0 Å². The first-order valence-electron chi connectivity index (χ1n) is 6.62. The Hall–Kier alpha value is -0.650. The van der Waals surface area contributed by atoms with Crippen molar-refractivity contribution in [1.82, 2.24) is 4.72 Å². The van der Waals surface area contributed by atoms with Crippen molar-refractivity contribution in [2.24, 2.45) is 5.41 Å². The Kier molecular flexibility index (Phi) is 5.98. The van der Waals surface area contributed by atoms with Crippen LogP contribution in [0.5, 0.6) is 0 Å². The van der Waals surface area contributed by atoms with Crippen molar-refractivity contribution in [3.05, 3.63) is 29.6 Å². The van der Waals surface area contributed by atoms with Gasteiger partial charge in [0, 0.05) is 12.4 Å². The summed E-state index contributed by atoms with van der Waals surface area (Å²) in [6, 6.07) is 3.74. The van der Waals surface area contributed by atoms with Crippen LogP contribution in [-0.4, -0.2) is 20.8 Å². The van der Waals surface area contributed by atoms with Crippen LogP contribution in [-0.2, 0) is 10.0 Å². The molecule has 0 fully saturated rings. The monoisotopic (exact) mass is 321 g/mol. The van der Waals surface area contributed by atoms with Gasteiger partial charge in [-0.1, -0.05) is 19.9 Å². The highest BCUT2D eigenvalue weighted by atomic mass is 35.5. The molecular formula is C14H21ClFNO2S. The Labute approximate surface area is 125 Å². The molecule has 114 valence electrons. The molecule has 20 heavy (non-hydrogen) atoms. The Morgan fingerprint density at radius 3 is 2.40 bits per heavy atom. The van der Waals surface area contributed by atoms with Gasteiger partial charge in [-0.2, -0.15) is 0 Å². The van der Waals surface area contributed by atoms with Gasteiger partial charge in [0.1, 0.15) is 5.82 Å². The van der Waals surface area contributed by atoms with E-state index in [2.05, 4.69) is 4.72 Å². The predicted molar refractivity (Wildman–Crippen MR) is 80.1 cm³/mol. The minimum absolute atomic E-state index is 0.0202. The van der Waals surface area contributed by atoms with Gasteiger partial charge in [0.2, 0.25) is 10.0 Å². The molecule has 0 saturated carbocycles. The summed E-state index contributed by atoms with van der Waals surface area (Å²) in [7, 11) is -3.73. The maximum absolute atomic E-state index is 13.2. The van der Waals surface area contributed by atoms with E-state index < -0.39 is 15.8 Å². The lowest BCUT2D eigenvalue weighted by atomic mass is 9.85. The number of halogens is 2. The Morgan fingerprint density at radius 1 is 1.30 bits per heavy atom. The molecule has 0 radical (unpaired) electrons. The first kappa shape index (κ1) is 17.4. The topological polar surface area (TPSA) is 46.2 Å². The smallest absolute Gasteiger partial charge is 0.211 e. The lowest BCUT2D eigenvalue weighted by Gasteiger charge is -2.29. The minimum Gasteiger partial charge on any atom is -0.211 e. The predicted octanol–water partition coefficient (Wildman–Crippen LogP) is 3.46. The van der Waals surface area contributed by atoms with E-state index in [1.807, 2.05) is 13.8 Å². The van der Waals surface area contributed by atoms with Crippen molar-refractivity contribution >= 4 is 21.6 Å². The van der Waals surface area contributed by atoms with Gasteiger partial charge in [0.05, 0.1) is 4.90 Å². The van der Waals surface area contributed by atoms with E-state index in [9.17, 15) is 12.8 Å². The molecule has 0 bridgehead atoms. The van der Waals surface area contributed by atoms with E-state index in [4.69, 9.17) is 11.6 Å². The van der Waals surface area contributed by atoms with Gasteiger partial charge in [-0.15, -0.1) is 11.6 Å². The van der Waals surface area contributed by atoms with Crippen LogP contribution in [0.15, 0.2) is 23.1 Å². The molecule has 0 aliphatic carbocycles. The molecule has 3 nitrogen and oxygen atoms in total. The van der Waals surface area contributed by atoms with Crippen LogP contribution < -0.4 is 4.72 Å². The highest BCUT2D eigenvalue weighted by Gasteiger charge is 2.28. The van der Waals surface area contributed by atoms with E-state index in [0.717, 1.165) is 18.9 Å². The molecule has 0 atom stereocenters. The van der Waals surface area contributed by atoms with E-state index in [0.29, 0.717) is 11.4 Å². The number of nitrogens with one attached hydrogen (secondary N) is 1. The van der Waals surface area contributed by atoms with E-state index >= 15 is 0 Å². The van der Waals surface area contributed by atoms with Crippen LogP contribution in [0.25, 0.3) is 0 Å². The zero-order chi connectivity index (χ0) is 15.4. The summed E-state index contributed by atoms with van der Waals surface area (Å²) in [6.45, 7) is 5.85. The number of benzene rings is 1. The second kappa shape index (κ2) is 6.87. The summed E-state index contributed by atoms with van der Waals surface area (Å²) in [5.74, 6) is -0.185. The quantitative estimate of drug-likeness (QED) is 0.782. The Balaban J connectivity index is 2.98. The van der Waals surface area contributed by atoms with Crippen molar-refractivity contribution in [1.29, 1.82) is 0 Å². The van der Waals surface area contributed by atoms with E-state index in [1.165, 1.54) is 12.1 Å². The third-order valence-corrected chi connectivity index (χ3v) is 5.97. The molecule has 0 spiro atoms. The molecule has 0 aliphatic heterocycles. The van der Waals surface area contributed by atoms with Crippen molar-refractivity contribution in [3.8, 4) is 0 Å². The summed E-state index contributed by atoms with van der Waals surface area (Å²) in [6.07, 6.45) is 1.55. The molecule has 1 aromatic carbocycles. The number of hydrogen-bond donors (Lipinski definition) is 1. The maximum atomic E-state index is 13.2. The molecule has 0 aliphatic rings. The third kappa shape index (κ3) is 3.93. The summed E-state index contributed by atoms with van der Waals surface area (Å²) in [5, 5.41) is 0. The van der Waals surface area contributed by atoms with Crippen LogP contribution in [0.2, 0.25) is 0 Å². The summed E-state index contributed by atoms with van der Waals surface area (Å²) in [5.41, 5.74) is 0.249. The van der Waals surface area contributed by atoms with Gasteiger partial charge in [-0.3, -0.25) is 0 Å². The highest BCUT2D eigenvalue weighted by molar-refractivity contribution is 7.89. The van der Waals surface area contributed by atoms with Crippen LogP contribution >= 0.6 is 11.6 Å². The van der Waals surface area contributed by atoms with Gasteiger partial charge < -0.3 is 0 Å². The summed E-state index contributed by atoms with van der Waals surface area (Å²) >= 11 is 5.96. The Bertz CT molecular complexity index is 548. The molecule has 0 saturated heterocycles. The SMILES string of the molecule is CCC(CC)(CCl)CNS(=O)(=O)c1cc(F)ccc1C. The Morgan fingerprint density at radius 2 is 1.90 bits per heavy atom. The highest BCUT2D eigenvalue weighted by Crippen LogP contribution is 2.28.